The van der Waals surface area contributed by atoms with E-state index < -0.39 is 5.97 Å². The summed E-state index contributed by atoms with van der Waals surface area (Å²) in [6, 6.07) is 0.175. The van der Waals surface area contributed by atoms with Crippen LogP contribution in [0.4, 0.5) is 0 Å². The molecular formula is C12H23NO3S. The monoisotopic (exact) mass is 261 g/mol. The lowest BCUT2D eigenvalue weighted by Gasteiger charge is -2.34. The molecule has 0 radical (unpaired) electrons. The molecule has 1 atom stereocenters. The Balaban J connectivity index is 2.25. The summed E-state index contributed by atoms with van der Waals surface area (Å²) in [5.74, 6) is 1.88. The maximum Gasteiger partial charge on any atom is 0.304 e. The van der Waals surface area contributed by atoms with E-state index in [-0.39, 0.29) is 12.5 Å². The maximum absolute atomic E-state index is 10.8. The van der Waals surface area contributed by atoms with Gasteiger partial charge in [0.15, 0.2) is 0 Å². The first-order valence-corrected chi connectivity index (χ1v) is 7.36. The lowest BCUT2D eigenvalue weighted by Crippen LogP contribution is -2.45. The third-order valence-corrected chi connectivity index (χ3v) is 3.83. The predicted molar refractivity (Wildman–Crippen MR) is 70.6 cm³/mol. The summed E-state index contributed by atoms with van der Waals surface area (Å²) in [5, 5.41) is 8.86. The number of carbonyl (C=O) groups is 1. The first kappa shape index (κ1) is 14.8. The normalized spacial score (nSPS) is 21.9. The molecule has 17 heavy (non-hydrogen) atoms. The van der Waals surface area contributed by atoms with Crippen LogP contribution in [-0.4, -0.2) is 59.8 Å². The van der Waals surface area contributed by atoms with Gasteiger partial charge in [0.05, 0.1) is 13.0 Å². The molecule has 0 spiro atoms. The zero-order chi connectivity index (χ0) is 12.7. The highest BCUT2D eigenvalue weighted by Gasteiger charge is 2.24. The van der Waals surface area contributed by atoms with E-state index in [1.807, 2.05) is 11.8 Å². The lowest BCUT2D eigenvalue weighted by atomic mass is 10.2. The molecule has 0 bridgehead atoms. The minimum Gasteiger partial charge on any atom is -0.481 e. The first-order chi connectivity index (χ1) is 8.09. The second-order valence-electron chi connectivity index (χ2n) is 4.83. The van der Waals surface area contributed by atoms with Gasteiger partial charge in [0.2, 0.25) is 0 Å². The average Bonchev–Trinajstić information content (AvgIpc) is 2.25. The van der Waals surface area contributed by atoms with E-state index in [0.29, 0.717) is 12.5 Å². The summed E-state index contributed by atoms with van der Waals surface area (Å²) in [6.45, 7) is 7.58. The molecule has 0 amide bonds. The van der Waals surface area contributed by atoms with Crippen LogP contribution in [-0.2, 0) is 9.53 Å². The second-order valence-corrected chi connectivity index (χ2v) is 5.98. The largest absolute Gasteiger partial charge is 0.481 e. The van der Waals surface area contributed by atoms with Crippen molar-refractivity contribution >= 4 is 17.7 Å². The second kappa shape index (κ2) is 7.95. The van der Waals surface area contributed by atoms with Crippen LogP contribution in [0.5, 0.6) is 0 Å². The number of hydrogen-bond acceptors (Lipinski definition) is 4. The molecule has 1 saturated heterocycles. The Bertz CT molecular complexity index is 236. The van der Waals surface area contributed by atoms with Crippen molar-refractivity contribution in [2.24, 2.45) is 5.92 Å². The standard InChI is InChI=1S/C12H23NO3S/c1-10(2)8-16-5-3-13-4-6-17-9-11(13)7-12(14)15/h10-11H,3-9H2,1-2H3,(H,14,15). The molecular weight excluding hydrogens is 238 g/mol. The van der Waals surface area contributed by atoms with Crippen molar-refractivity contribution in [3.63, 3.8) is 0 Å². The van der Waals surface area contributed by atoms with E-state index in [0.717, 1.165) is 31.2 Å². The Morgan fingerprint density at radius 3 is 3.00 bits per heavy atom. The quantitative estimate of drug-likeness (QED) is 0.705. The Labute approximate surface area is 108 Å². The molecule has 1 unspecified atom stereocenters. The Morgan fingerprint density at radius 1 is 1.59 bits per heavy atom. The van der Waals surface area contributed by atoms with Crippen molar-refractivity contribution < 1.29 is 14.6 Å². The average molecular weight is 261 g/mol. The van der Waals surface area contributed by atoms with Gasteiger partial charge in [-0.2, -0.15) is 11.8 Å². The van der Waals surface area contributed by atoms with E-state index in [2.05, 4.69) is 18.7 Å². The zero-order valence-corrected chi connectivity index (χ0v) is 11.5. The summed E-state index contributed by atoms with van der Waals surface area (Å²) in [4.78, 5) is 13.0. The molecule has 1 aliphatic rings. The Morgan fingerprint density at radius 2 is 2.35 bits per heavy atom. The maximum atomic E-state index is 10.8. The van der Waals surface area contributed by atoms with E-state index >= 15 is 0 Å². The van der Waals surface area contributed by atoms with Crippen molar-refractivity contribution in [2.75, 3.05) is 37.8 Å². The van der Waals surface area contributed by atoms with Gasteiger partial charge >= 0.3 is 5.97 Å². The van der Waals surface area contributed by atoms with Gasteiger partial charge in [0.1, 0.15) is 0 Å². The van der Waals surface area contributed by atoms with Crippen LogP contribution in [0.1, 0.15) is 20.3 Å². The number of rotatable bonds is 7. The third-order valence-electron chi connectivity index (χ3n) is 2.73. The van der Waals surface area contributed by atoms with Crippen LogP contribution in [0.2, 0.25) is 0 Å². The third kappa shape index (κ3) is 6.29. The van der Waals surface area contributed by atoms with Gasteiger partial charge in [-0.05, 0) is 5.92 Å². The van der Waals surface area contributed by atoms with Crippen molar-refractivity contribution in [2.45, 2.75) is 26.3 Å². The van der Waals surface area contributed by atoms with Gasteiger partial charge in [-0.25, -0.2) is 0 Å². The minimum atomic E-state index is -0.703. The highest BCUT2D eigenvalue weighted by Crippen LogP contribution is 2.18. The summed E-state index contributed by atoms with van der Waals surface area (Å²) in [6.07, 6.45) is 0.247. The van der Waals surface area contributed by atoms with Crippen LogP contribution in [0, 0.1) is 5.92 Å². The molecule has 0 aromatic rings. The van der Waals surface area contributed by atoms with E-state index in [1.54, 1.807) is 0 Å². The molecule has 100 valence electrons. The summed E-state index contributed by atoms with van der Waals surface area (Å²) in [5.41, 5.74) is 0. The fourth-order valence-corrected chi connectivity index (χ4v) is 3.00. The summed E-state index contributed by atoms with van der Waals surface area (Å²) < 4.78 is 5.56. The van der Waals surface area contributed by atoms with Crippen LogP contribution in [0.25, 0.3) is 0 Å². The molecule has 1 heterocycles. The van der Waals surface area contributed by atoms with Gasteiger partial charge in [0.25, 0.3) is 0 Å². The zero-order valence-electron chi connectivity index (χ0n) is 10.7. The minimum absolute atomic E-state index is 0.175. The number of aliphatic carboxylic acids is 1. The molecule has 0 saturated carbocycles. The van der Waals surface area contributed by atoms with Crippen LogP contribution < -0.4 is 0 Å². The van der Waals surface area contributed by atoms with Gasteiger partial charge in [-0.1, -0.05) is 13.8 Å². The molecule has 5 heteroatoms. The van der Waals surface area contributed by atoms with Gasteiger partial charge < -0.3 is 9.84 Å². The van der Waals surface area contributed by atoms with Gasteiger partial charge in [-0.3, -0.25) is 9.69 Å². The van der Waals surface area contributed by atoms with Crippen LogP contribution in [0.3, 0.4) is 0 Å². The molecule has 0 aliphatic carbocycles. The van der Waals surface area contributed by atoms with Crippen molar-refractivity contribution in [3.05, 3.63) is 0 Å². The van der Waals surface area contributed by atoms with Crippen molar-refractivity contribution in [3.8, 4) is 0 Å². The molecule has 1 aliphatic heterocycles. The molecule has 0 aromatic carbocycles. The van der Waals surface area contributed by atoms with Crippen molar-refractivity contribution in [1.29, 1.82) is 0 Å². The van der Waals surface area contributed by atoms with E-state index in [4.69, 9.17) is 9.84 Å². The lowest BCUT2D eigenvalue weighted by molar-refractivity contribution is -0.138. The Hall–Kier alpha value is -0.260. The van der Waals surface area contributed by atoms with Crippen LogP contribution >= 0.6 is 11.8 Å². The van der Waals surface area contributed by atoms with Gasteiger partial charge in [-0.15, -0.1) is 0 Å². The SMILES string of the molecule is CC(C)COCCN1CCSCC1CC(=O)O. The fourth-order valence-electron chi connectivity index (χ4n) is 1.87. The van der Waals surface area contributed by atoms with E-state index in [9.17, 15) is 4.79 Å². The molecule has 0 aromatic heterocycles. The van der Waals surface area contributed by atoms with Gasteiger partial charge in [0, 0.05) is 37.2 Å². The van der Waals surface area contributed by atoms with E-state index in [1.165, 1.54) is 0 Å². The summed E-state index contributed by atoms with van der Waals surface area (Å²) in [7, 11) is 0. The van der Waals surface area contributed by atoms with Crippen LogP contribution in [0.15, 0.2) is 0 Å². The molecule has 4 nitrogen and oxygen atoms in total. The fraction of sp³-hybridized carbons (Fsp3) is 0.917. The number of carboxylic acid groups (broad SMARTS) is 1. The Kier molecular flexibility index (Phi) is 6.92. The number of ether oxygens (including phenoxy) is 1. The molecule has 1 N–H and O–H groups in total. The molecule has 1 rings (SSSR count). The smallest absolute Gasteiger partial charge is 0.304 e. The topological polar surface area (TPSA) is 49.8 Å². The van der Waals surface area contributed by atoms with Crippen molar-refractivity contribution in [1.82, 2.24) is 4.90 Å². The summed E-state index contributed by atoms with van der Waals surface area (Å²) >= 11 is 1.85. The number of nitrogens with zero attached hydrogens (tertiary/aromatic N) is 1. The predicted octanol–water partition coefficient (Wildman–Crippen LogP) is 1.55. The first-order valence-electron chi connectivity index (χ1n) is 6.21. The number of hydrogen-bond donors (Lipinski definition) is 1. The highest BCUT2D eigenvalue weighted by molar-refractivity contribution is 7.99. The number of carboxylic acids is 1. The molecule has 1 fully saturated rings. The highest BCUT2D eigenvalue weighted by atomic mass is 32.2. The number of thioether (sulfide) groups is 1.